The summed E-state index contributed by atoms with van der Waals surface area (Å²) in [5.41, 5.74) is 0. The summed E-state index contributed by atoms with van der Waals surface area (Å²) < 4.78 is 16.8. The number of carbonyl (C=O) groups is 3. The van der Waals surface area contributed by atoms with E-state index in [4.69, 9.17) is 14.2 Å². The minimum atomic E-state index is -0.793. The molecule has 0 saturated heterocycles. The molecule has 0 fully saturated rings. The summed E-state index contributed by atoms with van der Waals surface area (Å²) in [5, 5.41) is 0. The van der Waals surface area contributed by atoms with E-state index in [1.54, 1.807) is 0 Å². The molecule has 0 aromatic rings. The number of esters is 3. The van der Waals surface area contributed by atoms with Gasteiger partial charge in [0.25, 0.3) is 0 Å². The molecule has 0 spiro atoms. The number of carbonyl (C=O) groups excluding carboxylic acids is 3. The molecule has 0 amide bonds. The average Bonchev–Trinajstić information content (AvgIpc) is 3.42. The van der Waals surface area contributed by atoms with Crippen molar-refractivity contribution in [3.8, 4) is 0 Å². The predicted octanol–water partition coefficient (Wildman–Crippen LogP) is 21.4. The van der Waals surface area contributed by atoms with E-state index in [0.717, 1.165) is 148 Å². The van der Waals surface area contributed by atoms with Gasteiger partial charge in [0.05, 0.1) is 0 Å². The zero-order valence-corrected chi connectivity index (χ0v) is 49.2. The molecule has 0 aliphatic heterocycles. The molecular formula is C70H114O6. The standard InChI is InChI=1S/C70H114O6/c1-4-7-10-13-16-19-21-23-25-26-27-28-29-30-31-32-33-34-35-36-37-38-39-40-41-42-43-44-46-47-49-51-54-57-60-63-69(72)75-66-67(65-74-68(71)62-59-56-53-18-15-12-9-6-3)76-70(73)64-61-58-55-52-50-48-45-24-22-20-17-14-11-8-5-2/h7,10,16,19,23-25,27-28,30-31,33-34,36-37,39-40,42-43,45-47,67H,4-6,8-9,11-15,17-18,20-22,26,29,32,35,38,41,44,48-66H2,1-3H3/b10-7-,19-16-,25-23-,28-27-,31-30-,34-33-,37-36-,40-39-,43-42-,45-24-,47-46-. The molecule has 0 saturated carbocycles. The first-order valence-electron chi connectivity index (χ1n) is 31.2. The van der Waals surface area contributed by atoms with Crippen LogP contribution in [-0.2, 0) is 28.6 Å². The fourth-order valence-electron chi connectivity index (χ4n) is 8.23. The van der Waals surface area contributed by atoms with Gasteiger partial charge in [-0.25, -0.2) is 0 Å². The van der Waals surface area contributed by atoms with Crippen LogP contribution < -0.4 is 0 Å². The maximum Gasteiger partial charge on any atom is 0.306 e. The number of ether oxygens (including phenoxy) is 3. The van der Waals surface area contributed by atoms with Crippen LogP contribution in [0.5, 0.6) is 0 Å². The third-order valence-corrected chi connectivity index (χ3v) is 12.9. The van der Waals surface area contributed by atoms with Gasteiger partial charge in [-0.05, 0) is 122 Å². The van der Waals surface area contributed by atoms with Crippen LogP contribution in [0.25, 0.3) is 0 Å². The minimum Gasteiger partial charge on any atom is -0.462 e. The molecule has 76 heavy (non-hydrogen) atoms. The molecule has 0 N–H and O–H groups in total. The van der Waals surface area contributed by atoms with Gasteiger partial charge in [0, 0.05) is 19.3 Å². The molecule has 6 heteroatoms. The Morgan fingerprint density at radius 3 is 0.816 bits per heavy atom. The van der Waals surface area contributed by atoms with Crippen LogP contribution in [0.1, 0.15) is 271 Å². The maximum atomic E-state index is 12.8. The van der Waals surface area contributed by atoms with E-state index >= 15 is 0 Å². The second kappa shape index (κ2) is 63.1. The summed E-state index contributed by atoms with van der Waals surface area (Å²) in [6.45, 7) is 6.46. The van der Waals surface area contributed by atoms with E-state index in [-0.39, 0.29) is 31.1 Å². The van der Waals surface area contributed by atoms with Crippen LogP contribution in [0.3, 0.4) is 0 Å². The molecule has 6 nitrogen and oxygen atoms in total. The Bertz CT molecular complexity index is 1630. The first-order chi connectivity index (χ1) is 37.5. The van der Waals surface area contributed by atoms with Crippen LogP contribution in [0.2, 0.25) is 0 Å². The molecule has 0 radical (unpaired) electrons. The van der Waals surface area contributed by atoms with Crippen LogP contribution in [0, 0.1) is 0 Å². The van der Waals surface area contributed by atoms with Gasteiger partial charge >= 0.3 is 17.9 Å². The van der Waals surface area contributed by atoms with Crippen LogP contribution in [0.4, 0.5) is 0 Å². The van der Waals surface area contributed by atoms with E-state index in [9.17, 15) is 14.4 Å². The molecule has 1 atom stereocenters. The number of hydrogen-bond donors (Lipinski definition) is 0. The fraction of sp³-hybridized carbons (Fsp3) is 0.643. The lowest BCUT2D eigenvalue weighted by Crippen LogP contribution is -2.30. The van der Waals surface area contributed by atoms with Crippen molar-refractivity contribution >= 4 is 17.9 Å². The lowest BCUT2D eigenvalue weighted by Gasteiger charge is -2.18. The third-order valence-electron chi connectivity index (χ3n) is 12.9. The van der Waals surface area contributed by atoms with Gasteiger partial charge in [0.2, 0.25) is 0 Å². The van der Waals surface area contributed by atoms with Gasteiger partial charge in [0.1, 0.15) is 13.2 Å². The highest BCUT2D eigenvalue weighted by Crippen LogP contribution is 2.14. The molecule has 1 unspecified atom stereocenters. The zero-order valence-electron chi connectivity index (χ0n) is 49.2. The summed E-state index contributed by atoms with van der Waals surface area (Å²) in [5.74, 6) is -0.931. The van der Waals surface area contributed by atoms with Crippen molar-refractivity contribution in [1.82, 2.24) is 0 Å². The van der Waals surface area contributed by atoms with Crippen molar-refractivity contribution in [3.63, 3.8) is 0 Å². The number of hydrogen-bond acceptors (Lipinski definition) is 6. The Balaban J connectivity index is 4.22. The van der Waals surface area contributed by atoms with Crippen LogP contribution in [0.15, 0.2) is 134 Å². The largest absolute Gasteiger partial charge is 0.462 e. The summed E-state index contributed by atoms with van der Waals surface area (Å²) in [4.78, 5) is 38.0. The maximum absolute atomic E-state index is 12.8. The average molecular weight is 1050 g/mol. The molecule has 0 aliphatic carbocycles. The zero-order chi connectivity index (χ0) is 55.0. The first kappa shape index (κ1) is 71.5. The van der Waals surface area contributed by atoms with E-state index in [1.807, 2.05) is 0 Å². The van der Waals surface area contributed by atoms with Crippen molar-refractivity contribution in [1.29, 1.82) is 0 Å². The van der Waals surface area contributed by atoms with Gasteiger partial charge in [-0.3, -0.25) is 14.4 Å². The molecule has 0 rings (SSSR count). The predicted molar refractivity (Wildman–Crippen MR) is 329 cm³/mol. The van der Waals surface area contributed by atoms with Gasteiger partial charge in [-0.1, -0.05) is 264 Å². The van der Waals surface area contributed by atoms with Crippen LogP contribution in [-0.4, -0.2) is 37.2 Å². The molecule has 0 aromatic heterocycles. The second-order valence-corrected chi connectivity index (χ2v) is 20.2. The normalized spacial score (nSPS) is 13.0. The van der Waals surface area contributed by atoms with E-state index in [0.29, 0.717) is 19.3 Å². The van der Waals surface area contributed by atoms with E-state index in [2.05, 4.69) is 154 Å². The van der Waals surface area contributed by atoms with Crippen molar-refractivity contribution < 1.29 is 28.6 Å². The smallest absolute Gasteiger partial charge is 0.306 e. The Labute approximate surface area is 468 Å². The van der Waals surface area contributed by atoms with Crippen LogP contribution >= 0.6 is 0 Å². The number of rotatable bonds is 55. The molecule has 0 aliphatic rings. The lowest BCUT2D eigenvalue weighted by atomic mass is 10.1. The molecule has 0 bridgehead atoms. The summed E-state index contributed by atoms with van der Waals surface area (Å²) in [7, 11) is 0. The molecule has 0 heterocycles. The van der Waals surface area contributed by atoms with Gasteiger partial charge in [-0.15, -0.1) is 0 Å². The van der Waals surface area contributed by atoms with Gasteiger partial charge in [0.15, 0.2) is 6.10 Å². The summed E-state index contributed by atoms with van der Waals surface area (Å²) in [6, 6.07) is 0. The molecule has 430 valence electrons. The van der Waals surface area contributed by atoms with Gasteiger partial charge < -0.3 is 14.2 Å². The second-order valence-electron chi connectivity index (χ2n) is 20.2. The van der Waals surface area contributed by atoms with Crippen molar-refractivity contribution in [2.75, 3.05) is 13.2 Å². The highest BCUT2D eigenvalue weighted by molar-refractivity contribution is 5.71. The van der Waals surface area contributed by atoms with Crippen molar-refractivity contribution in [2.45, 2.75) is 277 Å². The highest BCUT2D eigenvalue weighted by atomic mass is 16.6. The Morgan fingerprint density at radius 2 is 0.513 bits per heavy atom. The fourth-order valence-corrected chi connectivity index (χ4v) is 8.23. The summed E-state index contributed by atoms with van der Waals surface area (Å²) >= 11 is 0. The highest BCUT2D eigenvalue weighted by Gasteiger charge is 2.19. The molecular weight excluding hydrogens is 937 g/mol. The summed E-state index contributed by atoms with van der Waals surface area (Å²) in [6.07, 6.45) is 89.0. The SMILES string of the molecule is CC/C=C\C/C=C\C/C=C\C/C=C\C/C=C\C/C=C\C/C=C\C/C=C\C/C=C\C/C=C\CCCCCCC(=O)OCC(COC(=O)CCCCCCCCCC)OC(=O)CCCCCCC/C=C\CCCCCCCC. The molecule has 0 aromatic carbocycles. The van der Waals surface area contributed by atoms with Crippen molar-refractivity contribution in [2.24, 2.45) is 0 Å². The Hall–Kier alpha value is -4.45. The van der Waals surface area contributed by atoms with Crippen molar-refractivity contribution in [3.05, 3.63) is 134 Å². The third kappa shape index (κ3) is 60.4. The minimum absolute atomic E-state index is 0.0905. The van der Waals surface area contributed by atoms with E-state index < -0.39 is 6.10 Å². The van der Waals surface area contributed by atoms with Gasteiger partial charge in [-0.2, -0.15) is 0 Å². The van der Waals surface area contributed by atoms with E-state index in [1.165, 1.54) is 83.5 Å². The quantitative estimate of drug-likeness (QED) is 0.0261. The number of unbranched alkanes of at least 4 members (excludes halogenated alkanes) is 22. The lowest BCUT2D eigenvalue weighted by molar-refractivity contribution is -0.167. The monoisotopic (exact) mass is 1050 g/mol. The Morgan fingerprint density at radius 1 is 0.276 bits per heavy atom. The number of allylic oxidation sites excluding steroid dienone is 22. The Kier molecular flexibility index (Phi) is 59.4. The topological polar surface area (TPSA) is 78.9 Å². The first-order valence-corrected chi connectivity index (χ1v) is 31.2.